The Morgan fingerprint density at radius 1 is 1.20 bits per heavy atom. The lowest BCUT2D eigenvalue weighted by atomic mass is 10.3. The summed E-state index contributed by atoms with van der Waals surface area (Å²) in [5, 5.41) is 0.546. The molecule has 0 amide bonds. The van der Waals surface area contributed by atoms with Crippen LogP contribution < -0.4 is 5.54 Å². The zero-order valence-corrected chi connectivity index (χ0v) is 6.38. The van der Waals surface area contributed by atoms with Crippen LogP contribution in [0.5, 0.6) is 0 Å². The van der Waals surface area contributed by atoms with Crippen LogP contribution in [0.2, 0.25) is 10.0 Å². The molecule has 0 heterocycles. The molecule has 0 fully saturated rings. The van der Waals surface area contributed by atoms with Gasteiger partial charge in [-0.05, 0) is 12.1 Å². The second-order valence-electron chi connectivity index (χ2n) is 1.69. The van der Waals surface area contributed by atoms with E-state index >= 15 is 0 Å². The molecule has 1 aromatic rings. The summed E-state index contributed by atoms with van der Waals surface area (Å²) in [7, 11) is 0. The Labute approximate surface area is 67.7 Å². The van der Waals surface area contributed by atoms with Crippen LogP contribution in [0.1, 0.15) is 0 Å². The van der Waals surface area contributed by atoms with Crippen molar-refractivity contribution in [1.29, 1.82) is 0 Å². The fraction of sp³-hybridized carbons (Fsp3) is 0. The first-order chi connectivity index (χ1) is 4.75. The summed E-state index contributed by atoms with van der Waals surface area (Å²) in [5.41, 5.74) is 1.52. The Kier molecular flexibility index (Phi) is 2.35. The molecule has 0 saturated heterocycles. The van der Waals surface area contributed by atoms with E-state index in [-0.39, 0.29) is 15.7 Å². The molecule has 54 valence electrons. The lowest BCUT2D eigenvalue weighted by Gasteiger charge is -2.00. The molecule has 4 heteroatoms. The van der Waals surface area contributed by atoms with E-state index in [2.05, 4.69) is 0 Å². The van der Waals surface area contributed by atoms with Gasteiger partial charge in [-0.25, -0.2) is 5.54 Å². The van der Waals surface area contributed by atoms with Crippen LogP contribution in [0.3, 0.4) is 0 Å². The van der Waals surface area contributed by atoms with Gasteiger partial charge in [0.1, 0.15) is 5.69 Å². The predicted molar refractivity (Wildman–Crippen MR) is 41.2 cm³/mol. The average Bonchev–Trinajstić information content (AvgIpc) is 1.88. The van der Waals surface area contributed by atoms with Crippen LogP contribution in [0.4, 0.5) is 10.2 Å². The van der Waals surface area contributed by atoms with Crippen molar-refractivity contribution in [3.8, 4) is 0 Å². The van der Waals surface area contributed by atoms with E-state index in [1.807, 2.05) is 0 Å². The second kappa shape index (κ2) is 3.08. The number of rotatable bonds is 1. The largest absolute Gasteiger partial charge is 0.222 e. The van der Waals surface area contributed by atoms with E-state index < -0.39 is 0 Å². The van der Waals surface area contributed by atoms with Gasteiger partial charge in [-0.1, -0.05) is 29.3 Å². The third kappa shape index (κ3) is 1.33. The highest BCUT2D eigenvalue weighted by Gasteiger charge is 2.02. The summed E-state index contributed by atoms with van der Waals surface area (Å²) < 4.78 is 11.8. The predicted octanol–water partition coefficient (Wildman–Crippen LogP) is 3.29. The maximum atomic E-state index is 11.8. The Morgan fingerprint density at radius 2 is 1.70 bits per heavy atom. The number of benzene rings is 1. The van der Waals surface area contributed by atoms with Crippen molar-refractivity contribution in [2.45, 2.75) is 0 Å². The smallest absolute Gasteiger partial charge is 0.103 e. The van der Waals surface area contributed by atoms with E-state index in [0.29, 0.717) is 0 Å². The van der Waals surface area contributed by atoms with Gasteiger partial charge in [0.2, 0.25) is 0 Å². The van der Waals surface area contributed by atoms with E-state index in [0.717, 1.165) is 0 Å². The number of nitrogens with one attached hydrogen (secondary N) is 1. The molecule has 0 spiro atoms. The maximum Gasteiger partial charge on any atom is 0.103 e. The molecule has 0 atom stereocenters. The van der Waals surface area contributed by atoms with Gasteiger partial charge in [0.15, 0.2) is 0 Å². The van der Waals surface area contributed by atoms with Gasteiger partial charge in [-0.2, -0.15) is 0 Å². The molecule has 0 unspecified atom stereocenters. The molecule has 0 aliphatic rings. The summed E-state index contributed by atoms with van der Waals surface area (Å²) in [5.74, 6) is 0. The molecule has 0 aliphatic heterocycles. The molecule has 1 N–H and O–H groups in total. The SMILES string of the molecule is FNc1c(Cl)cccc1Cl. The van der Waals surface area contributed by atoms with E-state index in [1.54, 1.807) is 18.2 Å². The molecule has 1 aromatic carbocycles. The summed E-state index contributed by atoms with van der Waals surface area (Å²) in [6, 6.07) is 4.75. The van der Waals surface area contributed by atoms with E-state index in [9.17, 15) is 4.48 Å². The van der Waals surface area contributed by atoms with Crippen molar-refractivity contribution in [2.75, 3.05) is 5.54 Å². The topological polar surface area (TPSA) is 12.0 Å². The number of halogens is 3. The standard InChI is InChI=1S/C6H4Cl2FN/c7-4-2-1-3-5(8)6(4)10-9/h1-3,10H. The highest BCUT2D eigenvalue weighted by atomic mass is 35.5. The van der Waals surface area contributed by atoms with Crippen molar-refractivity contribution in [1.82, 2.24) is 0 Å². The average molecular weight is 180 g/mol. The highest BCUT2D eigenvalue weighted by molar-refractivity contribution is 6.38. The molecule has 0 aromatic heterocycles. The Bertz CT molecular complexity index is 219. The normalized spacial score (nSPS) is 9.50. The van der Waals surface area contributed by atoms with Gasteiger partial charge in [0.05, 0.1) is 10.0 Å². The van der Waals surface area contributed by atoms with Gasteiger partial charge in [0.25, 0.3) is 0 Å². The summed E-state index contributed by atoms with van der Waals surface area (Å²) in [6.07, 6.45) is 0. The molecule has 0 bridgehead atoms. The molecule has 10 heavy (non-hydrogen) atoms. The zero-order chi connectivity index (χ0) is 7.56. The third-order valence-corrected chi connectivity index (χ3v) is 1.69. The van der Waals surface area contributed by atoms with Crippen molar-refractivity contribution >= 4 is 28.9 Å². The van der Waals surface area contributed by atoms with Crippen LogP contribution in [-0.2, 0) is 0 Å². The molecule has 1 rings (SSSR count). The molecule has 0 saturated carbocycles. The van der Waals surface area contributed by atoms with Gasteiger partial charge < -0.3 is 0 Å². The van der Waals surface area contributed by atoms with E-state index in [4.69, 9.17) is 23.2 Å². The van der Waals surface area contributed by atoms with Crippen LogP contribution >= 0.6 is 23.2 Å². The quantitative estimate of drug-likeness (QED) is 0.653. The maximum absolute atomic E-state index is 11.8. The van der Waals surface area contributed by atoms with E-state index in [1.165, 1.54) is 5.54 Å². The first kappa shape index (κ1) is 7.63. The highest BCUT2D eigenvalue weighted by Crippen LogP contribution is 2.29. The Morgan fingerprint density at radius 3 is 2.00 bits per heavy atom. The van der Waals surface area contributed by atoms with Crippen molar-refractivity contribution < 1.29 is 4.48 Å². The van der Waals surface area contributed by atoms with Crippen molar-refractivity contribution in [2.24, 2.45) is 0 Å². The van der Waals surface area contributed by atoms with Gasteiger partial charge in [0, 0.05) is 0 Å². The number of anilines is 1. The number of hydrogen-bond donors (Lipinski definition) is 1. The Hall–Kier alpha value is -0.470. The summed E-state index contributed by atoms with van der Waals surface area (Å²) in [4.78, 5) is 0. The van der Waals surface area contributed by atoms with Gasteiger partial charge >= 0.3 is 0 Å². The summed E-state index contributed by atoms with van der Waals surface area (Å²) in [6.45, 7) is 0. The lowest BCUT2D eigenvalue weighted by molar-refractivity contribution is 0.618. The molecule has 0 radical (unpaired) electrons. The van der Waals surface area contributed by atoms with Gasteiger partial charge in [-0.3, -0.25) is 0 Å². The fourth-order valence-corrected chi connectivity index (χ4v) is 1.06. The first-order valence-corrected chi connectivity index (χ1v) is 3.32. The lowest BCUT2D eigenvalue weighted by Crippen LogP contribution is -1.83. The van der Waals surface area contributed by atoms with Crippen LogP contribution in [0.25, 0.3) is 0 Å². The summed E-state index contributed by atoms with van der Waals surface area (Å²) >= 11 is 11.1. The van der Waals surface area contributed by atoms with Crippen molar-refractivity contribution in [3.63, 3.8) is 0 Å². The second-order valence-corrected chi connectivity index (χ2v) is 2.51. The van der Waals surface area contributed by atoms with Crippen LogP contribution in [0.15, 0.2) is 18.2 Å². The number of para-hydroxylation sites is 1. The molecule has 0 aliphatic carbocycles. The molecular formula is C6H4Cl2FN. The minimum atomic E-state index is 0.117. The third-order valence-electron chi connectivity index (χ3n) is 1.06. The van der Waals surface area contributed by atoms with Crippen LogP contribution in [-0.4, -0.2) is 0 Å². The molecule has 1 nitrogen and oxygen atoms in total. The zero-order valence-electron chi connectivity index (χ0n) is 4.87. The fourth-order valence-electron chi connectivity index (χ4n) is 0.588. The Balaban J connectivity index is 3.17. The minimum absolute atomic E-state index is 0.117. The van der Waals surface area contributed by atoms with Crippen molar-refractivity contribution in [3.05, 3.63) is 28.2 Å². The van der Waals surface area contributed by atoms with Crippen LogP contribution in [0, 0.1) is 0 Å². The monoisotopic (exact) mass is 179 g/mol. The first-order valence-electron chi connectivity index (χ1n) is 2.56. The minimum Gasteiger partial charge on any atom is -0.222 e. The van der Waals surface area contributed by atoms with Gasteiger partial charge in [-0.15, -0.1) is 4.48 Å². The molecular weight excluding hydrogens is 176 g/mol. The number of hydrogen-bond acceptors (Lipinski definition) is 1.